The average Bonchev–Trinajstić information content (AvgIpc) is 3.25. The molecule has 2 aliphatic heterocycles. The lowest BCUT2D eigenvalue weighted by Gasteiger charge is -2.28. The van der Waals surface area contributed by atoms with E-state index in [1.807, 2.05) is 62.5 Å². The molecule has 2 amide bonds. The molecule has 142 valence electrons. The molecule has 1 aromatic rings. The Balaban J connectivity index is 1.65. The van der Waals surface area contributed by atoms with Gasteiger partial charge in [-0.05, 0) is 51.3 Å². The fraction of sp³-hybridized carbons (Fsp3) is 0.579. The molecule has 2 saturated heterocycles. The van der Waals surface area contributed by atoms with E-state index >= 15 is 0 Å². The first kappa shape index (κ1) is 19.4. The van der Waals surface area contributed by atoms with Crippen LogP contribution in [0.15, 0.2) is 24.3 Å². The number of anilines is 1. The second-order valence-electron chi connectivity index (χ2n) is 7.52. The summed E-state index contributed by atoms with van der Waals surface area (Å²) in [6, 6.07) is 7.56. The molecule has 1 N–H and O–H groups in total. The summed E-state index contributed by atoms with van der Waals surface area (Å²) in [5.41, 5.74) is 1.45. The number of ether oxygens (including phenoxy) is 1. The third-order valence-electron chi connectivity index (χ3n) is 4.23. The van der Waals surface area contributed by atoms with E-state index in [1.165, 1.54) is 17.1 Å². The summed E-state index contributed by atoms with van der Waals surface area (Å²) in [6.07, 6.45) is 1.06. The summed E-state index contributed by atoms with van der Waals surface area (Å²) in [4.78, 5) is 26.7. The Morgan fingerprint density at radius 1 is 1.23 bits per heavy atom. The molecule has 1 aromatic carbocycles. The molecule has 0 aliphatic carbocycles. The van der Waals surface area contributed by atoms with Crippen molar-refractivity contribution in [1.29, 1.82) is 0 Å². The fourth-order valence-electron chi connectivity index (χ4n) is 3.12. The maximum absolute atomic E-state index is 12.8. The lowest BCUT2D eigenvalue weighted by Crippen LogP contribution is -2.45. The van der Waals surface area contributed by atoms with E-state index in [0.717, 1.165) is 12.1 Å². The lowest BCUT2D eigenvalue weighted by atomic mass is 10.2. The Bertz CT molecular complexity index is 669. The summed E-state index contributed by atoms with van der Waals surface area (Å²) >= 11 is 3.88. The second kappa shape index (κ2) is 8.13. The van der Waals surface area contributed by atoms with Crippen LogP contribution in [0.4, 0.5) is 10.5 Å². The van der Waals surface area contributed by atoms with Gasteiger partial charge in [0.2, 0.25) is 5.91 Å². The molecular formula is C19H26N2O3S2. The van der Waals surface area contributed by atoms with Crippen molar-refractivity contribution in [3.63, 3.8) is 0 Å². The van der Waals surface area contributed by atoms with E-state index in [4.69, 9.17) is 4.74 Å². The Morgan fingerprint density at radius 3 is 2.65 bits per heavy atom. The second-order valence-corrected chi connectivity index (χ2v) is 10.2. The molecule has 26 heavy (non-hydrogen) atoms. The molecule has 5 nitrogen and oxygen atoms in total. The van der Waals surface area contributed by atoms with Gasteiger partial charge in [0.05, 0.1) is 4.58 Å². The minimum absolute atomic E-state index is 0.141. The van der Waals surface area contributed by atoms with Gasteiger partial charge >= 0.3 is 6.09 Å². The van der Waals surface area contributed by atoms with Crippen LogP contribution in [0.2, 0.25) is 0 Å². The van der Waals surface area contributed by atoms with Crippen LogP contribution < -0.4 is 5.32 Å². The fourth-order valence-corrected chi connectivity index (χ4v) is 5.96. The van der Waals surface area contributed by atoms with Crippen molar-refractivity contribution in [3.05, 3.63) is 29.8 Å². The SMILES string of the molecule is CC(C)(C)OC(=O)N1CCC[C@H]1C(=O)Nc1cccc(C2SCCS2)c1. The van der Waals surface area contributed by atoms with Crippen molar-refractivity contribution < 1.29 is 14.3 Å². The first-order valence-electron chi connectivity index (χ1n) is 8.97. The van der Waals surface area contributed by atoms with Crippen molar-refractivity contribution in [1.82, 2.24) is 4.90 Å². The number of amides is 2. The van der Waals surface area contributed by atoms with E-state index in [0.29, 0.717) is 17.5 Å². The summed E-state index contributed by atoms with van der Waals surface area (Å²) in [6.45, 7) is 6.06. The van der Waals surface area contributed by atoms with E-state index in [2.05, 4.69) is 11.4 Å². The first-order chi connectivity index (χ1) is 12.3. The number of likely N-dealkylation sites (tertiary alicyclic amines) is 1. The van der Waals surface area contributed by atoms with Crippen molar-refractivity contribution in [2.45, 2.75) is 49.8 Å². The average molecular weight is 395 g/mol. The number of carbonyl (C=O) groups excluding carboxylic acids is 2. The Kier molecular flexibility index (Phi) is 6.07. The maximum atomic E-state index is 12.8. The number of rotatable bonds is 3. The molecule has 0 bridgehead atoms. The van der Waals surface area contributed by atoms with Crippen molar-refractivity contribution in [2.75, 3.05) is 23.4 Å². The van der Waals surface area contributed by atoms with E-state index in [-0.39, 0.29) is 5.91 Å². The topological polar surface area (TPSA) is 58.6 Å². The molecule has 2 aliphatic rings. The normalized spacial score (nSPS) is 21.0. The zero-order valence-corrected chi connectivity index (χ0v) is 17.1. The van der Waals surface area contributed by atoms with E-state index < -0.39 is 17.7 Å². The highest BCUT2D eigenvalue weighted by atomic mass is 32.2. The molecule has 1 atom stereocenters. The predicted octanol–water partition coefficient (Wildman–Crippen LogP) is 4.50. The van der Waals surface area contributed by atoms with Gasteiger partial charge in [-0.3, -0.25) is 9.69 Å². The number of hydrogen-bond donors (Lipinski definition) is 1. The Hall–Kier alpha value is -1.34. The van der Waals surface area contributed by atoms with Gasteiger partial charge in [0.15, 0.2) is 0 Å². The molecule has 0 saturated carbocycles. The highest BCUT2D eigenvalue weighted by molar-refractivity contribution is 8.19. The molecule has 3 rings (SSSR count). The number of nitrogens with one attached hydrogen (secondary N) is 1. The number of benzene rings is 1. The number of hydrogen-bond acceptors (Lipinski definition) is 5. The number of nitrogens with zero attached hydrogens (tertiary/aromatic N) is 1. The highest BCUT2D eigenvalue weighted by Gasteiger charge is 2.36. The smallest absolute Gasteiger partial charge is 0.410 e. The van der Waals surface area contributed by atoms with Crippen molar-refractivity contribution >= 4 is 41.2 Å². The summed E-state index contributed by atoms with van der Waals surface area (Å²) < 4.78 is 5.88. The van der Waals surface area contributed by atoms with Crippen LogP contribution in [0.1, 0.15) is 43.8 Å². The minimum atomic E-state index is -0.564. The third-order valence-corrected chi connectivity index (χ3v) is 7.34. The zero-order chi connectivity index (χ0) is 18.7. The molecule has 0 aromatic heterocycles. The molecule has 2 heterocycles. The first-order valence-corrected chi connectivity index (χ1v) is 11.1. The quantitative estimate of drug-likeness (QED) is 0.818. The van der Waals surface area contributed by atoms with Crippen LogP contribution >= 0.6 is 23.5 Å². The van der Waals surface area contributed by atoms with Crippen LogP contribution in [-0.4, -0.2) is 46.6 Å². The maximum Gasteiger partial charge on any atom is 0.410 e. The lowest BCUT2D eigenvalue weighted by molar-refractivity contribution is -0.120. The van der Waals surface area contributed by atoms with Gasteiger partial charge in [-0.25, -0.2) is 4.79 Å². The van der Waals surface area contributed by atoms with Crippen LogP contribution in [0.25, 0.3) is 0 Å². The van der Waals surface area contributed by atoms with E-state index in [1.54, 1.807) is 4.90 Å². The molecule has 0 spiro atoms. The highest BCUT2D eigenvalue weighted by Crippen LogP contribution is 2.45. The summed E-state index contributed by atoms with van der Waals surface area (Å²) in [5, 5.41) is 2.99. The summed E-state index contributed by atoms with van der Waals surface area (Å²) in [7, 11) is 0. The van der Waals surface area contributed by atoms with Gasteiger partial charge in [0, 0.05) is 23.7 Å². The van der Waals surface area contributed by atoms with Gasteiger partial charge in [0.1, 0.15) is 11.6 Å². The standard InChI is InChI=1S/C19H26N2O3S2/c1-19(2,3)24-18(23)21-9-5-8-15(21)16(22)20-14-7-4-6-13(12-14)17-25-10-11-26-17/h4,6-7,12,15,17H,5,8-11H2,1-3H3,(H,20,22)/t15-/m0/s1. The van der Waals surface area contributed by atoms with Gasteiger partial charge in [-0.1, -0.05) is 12.1 Å². The van der Waals surface area contributed by atoms with Crippen LogP contribution in [-0.2, 0) is 9.53 Å². The van der Waals surface area contributed by atoms with Crippen molar-refractivity contribution in [2.24, 2.45) is 0 Å². The molecule has 7 heteroatoms. The largest absolute Gasteiger partial charge is 0.444 e. The minimum Gasteiger partial charge on any atom is -0.444 e. The van der Waals surface area contributed by atoms with Gasteiger partial charge in [0.25, 0.3) is 0 Å². The number of carbonyl (C=O) groups is 2. The van der Waals surface area contributed by atoms with Gasteiger partial charge in [-0.2, -0.15) is 0 Å². The number of thioether (sulfide) groups is 2. The van der Waals surface area contributed by atoms with E-state index in [9.17, 15) is 9.59 Å². The predicted molar refractivity (Wildman–Crippen MR) is 109 cm³/mol. The van der Waals surface area contributed by atoms with Crippen LogP contribution in [0.5, 0.6) is 0 Å². The Morgan fingerprint density at radius 2 is 1.96 bits per heavy atom. The Labute approximate surface area is 163 Å². The third kappa shape index (κ3) is 4.88. The zero-order valence-electron chi connectivity index (χ0n) is 15.5. The monoisotopic (exact) mass is 394 g/mol. The molecular weight excluding hydrogens is 368 g/mol. The van der Waals surface area contributed by atoms with Gasteiger partial charge < -0.3 is 10.1 Å². The van der Waals surface area contributed by atoms with Crippen LogP contribution in [0, 0.1) is 0 Å². The molecule has 0 unspecified atom stereocenters. The summed E-state index contributed by atoms with van der Waals surface area (Å²) in [5.74, 6) is 2.19. The molecule has 0 radical (unpaired) electrons. The van der Waals surface area contributed by atoms with Crippen LogP contribution in [0.3, 0.4) is 0 Å². The van der Waals surface area contributed by atoms with Crippen molar-refractivity contribution in [3.8, 4) is 0 Å². The van der Waals surface area contributed by atoms with Gasteiger partial charge in [-0.15, -0.1) is 23.5 Å². The molecule has 2 fully saturated rings.